The van der Waals surface area contributed by atoms with Crippen LogP contribution in [0.25, 0.3) is 22.8 Å². The third-order valence-electron chi connectivity index (χ3n) is 2.97. The third kappa shape index (κ3) is 2.43. The van der Waals surface area contributed by atoms with Crippen molar-refractivity contribution < 1.29 is 18.8 Å². The number of ether oxygens (including phenoxy) is 1. The van der Waals surface area contributed by atoms with Gasteiger partial charge in [-0.3, -0.25) is 0 Å². The average Bonchev–Trinajstić information content (AvgIpc) is 2.98. The summed E-state index contributed by atoms with van der Waals surface area (Å²) in [5.74, 6) is 0.253. The number of hydrogen-bond donors (Lipinski definition) is 1. The fourth-order valence-corrected chi connectivity index (χ4v) is 1.90. The zero-order chi connectivity index (χ0) is 14.8. The summed E-state index contributed by atoms with van der Waals surface area (Å²) in [7, 11) is 1.44. The van der Waals surface area contributed by atoms with E-state index in [1.54, 1.807) is 30.3 Å². The SMILES string of the molecule is COc1cc(-c2nc(-c3ccccc3F)no2)ccc1O. The zero-order valence-electron chi connectivity index (χ0n) is 11.1. The number of phenolic OH excluding ortho intramolecular Hbond substituents is 1. The van der Waals surface area contributed by atoms with Crippen molar-refractivity contribution in [2.75, 3.05) is 7.11 Å². The van der Waals surface area contributed by atoms with E-state index in [1.165, 1.54) is 19.2 Å². The zero-order valence-corrected chi connectivity index (χ0v) is 11.1. The van der Waals surface area contributed by atoms with E-state index in [-0.39, 0.29) is 28.8 Å². The Kier molecular flexibility index (Phi) is 3.27. The Labute approximate surface area is 119 Å². The first kappa shape index (κ1) is 13.1. The lowest BCUT2D eigenvalue weighted by molar-refractivity contribution is 0.373. The van der Waals surface area contributed by atoms with E-state index in [2.05, 4.69) is 10.1 Å². The summed E-state index contributed by atoms with van der Waals surface area (Å²) >= 11 is 0. The number of aromatic nitrogens is 2. The van der Waals surface area contributed by atoms with Crippen LogP contribution in [-0.2, 0) is 0 Å². The molecule has 0 aliphatic rings. The summed E-state index contributed by atoms with van der Waals surface area (Å²) in [5, 5.41) is 13.3. The Morgan fingerprint density at radius 3 is 2.76 bits per heavy atom. The molecular weight excluding hydrogens is 275 g/mol. The molecule has 0 radical (unpaired) electrons. The van der Waals surface area contributed by atoms with E-state index >= 15 is 0 Å². The molecule has 0 aliphatic carbocycles. The second-order valence-electron chi connectivity index (χ2n) is 4.29. The number of rotatable bonds is 3. The molecule has 2 aromatic carbocycles. The average molecular weight is 286 g/mol. The van der Waals surface area contributed by atoms with Crippen LogP contribution in [-0.4, -0.2) is 22.4 Å². The quantitative estimate of drug-likeness (QED) is 0.800. The molecular formula is C15H11FN2O3. The lowest BCUT2D eigenvalue weighted by Crippen LogP contribution is -1.87. The molecule has 1 N–H and O–H groups in total. The first-order valence-electron chi connectivity index (χ1n) is 6.15. The monoisotopic (exact) mass is 286 g/mol. The second-order valence-corrected chi connectivity index (χ2v) is 4.29. The molecule has 0 aliphatic heterocycles. The number of aromatic hydroxyl groups is 1. The smallest absolute Gasteiger partial charge is 0.258 e. The highest BCUT2D eigenvalue weighted by atomic mass is 19.1. The summed E-state index contributed by atoms with van der Waals surface area (Å²) in [5.41, 5.74) is 0.831. The maximum Gasteiger partial charge on any atom is 0.258 e. The summed E-state index contributed by atoms with van der Waals surface area (Å²) in [6.07, 6.45) is 0. The van der Waals surface area contributed by atoms with Gasteiger partial charge in [-0.05, 0) is 30.3 Å². The number of halogens is 1. The fraction of sp³-hybridized carbons (Fsp3) is 0.0667. The first-order chi connectivity index (χ1) is 10.2. The van der Waals surface area contributed by atoms with E-state index in [0.29, 0.717) is 5.56 Å². The van der Waals surface area contributed by atoms with Gasteiger partial charge >= 0.3 is 0 Å². The Morgan fingerprint density at radius 1 is 1.19 bits per heavy atom. The molecule has 0 fully saturated rings. The van der Waals surface area contributed by atoms with Gasteiger partial charge in [-0.25, -0.2) is 4.39 Å². The molecule has 6 heteroatoms. The van der Waals surface area contributed by atoms with Gasteiger partial charge in [0.25, 0.3) is 5.89 Å². The minimum absolute atomic E-state index is 0.00934. The fourth-order valence-electron chi connectivity index (χ4n) is 1.90. The number of nitrogens with zero attached hydrogens (tertiary/aromatic N) is 2. The van der Waals surface area contributed by atoms with Crippen molar-refractivity contribution in [2.45, 2.75) is 0 Å². The van der Waals surface area contributed by atoms with Crippen LogP contribution in [0.5, 0.6) is 11.5 Å². The molecule has 0 unspecified atom stereocenters. The van der Waals surface area contributed by atoms with E-state index in [0.717, 1.165) is 0 Å². The standard InChI is InChI=1S/C15H11FN2O3/c1-20-13-8-9(6-7-12(13)19)15-17-14(18-21-15)10-4-2-3-5-11(10)16/h2-8,19H,1H3. The molecule has 5 nitrogen and oxygen atoms in total. The predicted octanol–water partition coefficient (Wildman–Crippen LogP) is 3.26. The van der Waals surface area contributed by atoms with E-state index < -0.39 is 5.82 Å². The Morgan fingerprint density at radius 2 is 2.00 bits per heavy atom. The highest BCUT2D eigenvalue weighted by Crippen LogP contribution is 2.31. The molecule has 0 atom stereocenters. The molecule has 0 saturated heterocycles. The predicted molar refractivity (Wildman–Crippen MR) is 73.3 cm³/mol. The minimum atomic E-state index is -0.423. The van der Waals surface area contributed by atoms with Gasteiger partial charge < -0.3 is 14.4 Å². The molecule has 106 valence electrons. The van der Waals surface area contributed by atoms with Crippen molar-refractivity contribution in [3.05, 3.63) is 48.3 Å². The van der Waals surface area contributed by atoms with Crippen molar-refractivity contribution in [1.29, 1.82) is 0 Å². The minimum Gasteiger partial charge on any atom is -0.504 e. The molecule has 3 aromatic rings. The van der Waals surface area contributed by atoms with Gasteiger partial charge in [0.1, 0.15) is 5.82 Å². The highest BCUT2D eigenvalue weighted by molar-refractivity contribution is 5.63. The van der Waals surface area contributed by atoms with Gasteiger partial charge in [0, 0.05) is 5.56 Å². The lowest BCUT2D eigenvalue weighted by atomic mass is 10.2. The van der Waals surface area contributed by atoms with E-state index in [4.69, 9.17) is 9.26 Å². The number of benzene rings is 2. The van der Waals surface area contributed by atoms with Crippen molar-refractivity contribution >= 4 is 0 Å². The van der Waals surface area contributed by atoms with Crippen LogP contribution in [0.2, 0.25) is 0 Å². The van der Waals surface area contributed by atoms with Crippen molar-refractivity contribution in [3.8, 4) is 34.3 Å². The van der Waals surface area contributed by atoms with Gasteiger partial charge in [0.05, 0.1) is 12.7 Å². The molecule has 1 heterocycles. The largest absolute Gasteiger partial charge is 0.504 e. The normalized spacial score (nSPS) is 10.6. The van der Waals surface area contributed by atoms with Crippen LogP contribution >= 0.6 is 0 Å². The molecule has 0 spiro atoms. The van der Waals surface area contributed by atoms with Crippen LogP contribution in [0.4, 0.5) is 4.39 Å². The molecule has 0 bridgehead atoms. The van der Waals surface area contributed by atoms with Crippen LogP contribution < -0.4 is 4.74 Å². The topological polar surface area (TPSA) is 68.4 Å². The maximum absolute atomic E-state index is 13.7. The highest BCUT2D eigenvalue weighted by Gasteiger charge is 2.14. The van der Waals surface area contributed by atoms with Crippen LogP contribution in [0, 0.1) is 5.82 Å². The summed E-state index contributed by atoms with van der Waals surface area (Å²) < 4.78 is 23.8. The van der Waals surface area contributed by atoms with Gasteiger partial charge in [-0.15, -0.1) is 0 Å². The lowest BCUT2D eigenvalue weighted by Gasteiger charge is -2.03. The van der Waals surface area contributed by atoms with Crippen LogP contribution in [0.15, 0.2) is 47.0 Å². The summed E-state index contributed by atoms with van der Waals surface area (Å²) in [6, 6.07) is 10.8. The molecule has 0 amide bonds. The van der Waals surface area contributed by atoms with E-state index in [1.807, 2.05) is 0 Å². The number of hydrogen-bond acceptors (Lipinski definition) is 5. The van der Waals surface area contributed by atoms with Crippen LogP contribution in [0.1, 0.15) is 0 Å². The van der Waals surface area contributed by atoms with Gasteiger partial charge in [0.2, 0.25) is 5.82 Å². The van der Waals surface area contributed by atoms with E-state index in [9.17, 15) is 9.50 Å². The van der Waals surface area contributed by atoms with Gasteiger partial charge in [0.15, 0.2) is 11.5 Å². The molecule has 3 rings (SSSR count). The number of phenols is 1. The van der Waals surface area contributed by atoms with Crippen molar-refractivity contribution in [2.24, 2.45) is 0 Å². The Bertz CT molecular complexity index is 786. The second kappa shape index (κ2) is 5.24. The molecule has 1 aromatic heterocycles. The van der Waals surface area contributed by atoms with Crippen molar-refractivity contribution in [3.63, 3.8) is 0 Å². The summed E-state index contributed by atoms with van der Waals surface area (Å²) in [4.78, 5) is 4.16. The molecule has 21 heavy (non-hydrogen) atoms. The first-order valence-corrected chi connectivity index (χ1v) is 6.15. The third-order valence-corrected chi connectivity index (χ3v) is 2.97. The number of methoxy groups -OCH3 is 1. The Hall–Kier alpha value is -2.89. The van der Waals surface area contributed by atoms with Gasteiger partial charge in [-0.1, -0.05) is 17.3 Å². The van der Waals surface area contributed by atoms with Crippen molar-refractivity contribution in [1.82, 2.24) is 10.1 Å². The Balaban J connectivity index is 2.01. The maximum atomic E-state index is 13.7. The van der Waals surface area contributed by atoms with Gasteiger partial charge in [-0.2, -0.15) is 4.98 Å². The van der Waals surface area contributed by atoms with Crippen LogP contribution in [0.3, 0.4) is 0 Å². The summed E-state index contributed by atoms with van der Waals surface area (Å²) in [6.45, 7) is 0. The molecule has 0 saturated carbocycles.